The van der Waals surface area contributed by atoms with Crippen molar-refractivity contribution in [2.45, 2.75) is 127 Å². The van der Waals surface area contributed by atoms with Crippen LogP contribution >= 0.6 is 0 Å². The maximum absolute atomic E-state index is 13.0. The van der Waals surface area contributed by atoms with E-state index >= 15 is 0 Å². The highest BCUT2D eigenvalue weighted by atomic mass is 16.6. The largest absolute Gasteiger partial charge is 0.457 e. The third kappa shape index (κ3) is 5.21. The molecule has 8 atom stereocenters. The van der Waals surface area contributed by atoms with Gasteiger partial charge in [-0.15, -0.1) is 0 Å². The average molecular weight is 489 g/mol. The van der Waals surface area contributed by atoms with Crippen LogP contribution in [0.4, 0.5) is 0 Å². The van der Waals surface area contributed by atoms with Gasteiger partial charge in [-0.3, -0.25) is 4.79 Å². The number of aliphatic hydroxyl groups excluding tert-OH is 1. The molecule has 0 aromatic rings. The first-order valence-corrected chi connectivity index (χ1v) is 15.3. The number of carbonyl (C=O) groups is 1. The molecule has 0 bridgehead atoms. The Morgan fingerprint density at radius 2 is 1.14 bits per heavy atom. The SMILES string of the molecule is O=C(OC1COC2CCC3CCCCC3C2C2C(CCC3CCCCC32)OC1)C1CCC(O)CC1. The molecule has 1 aliphatic heterocycles. The van der Waals surface area contributed by atoms with Crippen LogP contribution in [0.5, 0.6) is 0 Å². The van der Waals surface area contributed by atoms with Gasteiger partial charge >= 0.3 is 5.97 Å². The minimum atomic E-state index is -0.304. The van der Waals surface area contributed by atoms with Crippen LogP contribution in [-0.4, -0.2) is 48.7 Å². The Morgan fingerprint density at radius 1 is 0.629 bits per heavy atom. The molecule has 1 N–H and O–H groups in total. The molecule has 0 aromatic carbocycles. The quantitative estimate of drug-likeness (QED) is 0.508. The molecule has 0 radical (unpaired) electrons. The molecular formula is C30H48O5. The number of aliphatic hydroxyl groups is 1. The highest BCUT2D eigenvalue weighted by Gasteiger charge is 2.53. The van der Waals surface area contributed by atoms with Crippen molar-refractivity contribution in [3.8, 4) is 0 Å². The lowest BCUT2D eigenvalue weighted by atomic mass is 9.53. The molecule has 198 valence electrons. The lowest BCUT2D eigenvalue weighted by molar-refractivity contribution is -0.165. The predicted octanol–water partition coefficient (Wildman–Crippen LogP) is 5.67. The highest BCUT2D eigenvalue weighted by molar-refractivity contribution is 5.72. The third-order valence-electron chi connectivity index (χ3n) is 11.2. The number of carbonyl (C=O) groups excluding carboxylic acids is 1. The summed E-state index contributed by atoms with van der Waals surface area (Å²) >= 11 is 0. The summed E-state index contributed by atoms with van der Waals surface area (Å²) in [6.07, 6.45) is 19.1. The molecule has 6 aliphatic rings. The first kappa shape index (κ1) is 24.7. The number of hydrogen-bond acceptors (Lipinski definition) is 5. The zero-order valence-electron chi connectivity index (χ0n) is 21.7. The van der Waals surface area contributed by atoms with Gasteiger partial charge in [-0.05, 0) is 99.7 Å². The normalized spacial score (nSPS) is 48.5. The van der Waals surface area contributed by atoms with E-state index in [-0.39, 0.29) is 24.1 Å². The Hall–Kier alpha value is -0.650. The van der Waals surface area contributed by atoms with Crippen LogP contribution in [0.25, 0.3) is 0 Å². The number of rotatable bonds is 2. The molecule has 5 heteroatoms. The lowest BCUT2D eigenvalue weighted by Crippen LogP contribution is -2.53. The van der Waals surface area contributed by atoms with Gasteiger partial charge in [0.05, 0.1) is 37.4 Å². The lowest BCUT2D eigenvalue weighted by Gasteiger charge is -2.55. The second-order valence-electron chi connectivity index (χ2n) is 13.0. The maximum Gasteiger partial charge on any atom is 0.309 e. The van der Waals surface area contributed by atoms with E-state index in [1.54, 1.807) is 0 Å². The zero-order chi connectivity index (χ0) is 23.8. The fraction of sp³-hybridized carbons (Fsp3) is 0.967. The van der Waals surface area contributed by atoms with Gasteiger partial charge in [0, 0.05) is 0 Å². The molecule has 0 amide bonds. The standard InChI is InChI=1S/C30H48O5/c31-22-13-9-21(10-14-22)30(32)35-23-17-33-26-15-11-19-5-1-3-7-24(19)28(26)29-25-8-4-2-6-20(25)12-16-27(29)34-18-23/h19-29,31H,1-18H2. The van der Waals surface area contributed by atoms with E-state index < -0.39 is 0 Å². The Kier molecular flexibility index (Phi) is 7.75. The number of hydrogen-bond donors (Lipinski definition) is 1. The van der Waals surface area contributed by atoms with Gasteiger partial charge in [0.2, 0.25) is 0 Å². The first-order chi connectivity index (χ1) is 17.2. The maximum atomic E-state index is 13.0. The molecule has 0 spiro atoms. The fourth-order valence-electron chi connectivity index (χ4n) is 9.50. The van der Waals surface area contributed by atoms with E-state index in [1.165, 1.54) is 77.0 Å². The summed E-state index contributed by atoms with van der Waals surface area (Å²) < 4.78 is 19.6. The van der Waals surface area contributed by atoms with E-state index in [2.05, 4.69) is 0 Å². The summed E-state index contributed by atoms with van der Waals surface area (Å²) in [6, 6.07) is 0. The van der Waals surface area contributed by atoms with Gasteiger partial charge in [0.15, 0.2) is 0 Å². The fourth-order valence-corrected chi connectivity index (χ4v) is 9.50. The van der Waals surface area contributed by atoms with Gasteiger partial charge in [0.1, 0.15) is 6.10 Å². The minimum Gasteiger partial charge on any atom is -0.457 e. The van der Waals surface area contributed by atoms with Crippen LogP contribution in [0.2, 0.25) is 0 Å². The second-order valence-corrected chi connectivity index (χ2v) is 13.0. The van der Waals surface area contributed by atoms with Crippen LogP contribution in [0.1, 0.15) is 103 Å². The Bertz CT molecular complexity index is 676. The Labute approximate surface area is 212 Å². The van der Waals surface area contributed by atoms with Gasteiger partial charge in [0.25, 0.3) is 0 Å². The minimum absolute atomic E-state index is 0.0816. The summed E-state index contributed by atoms with van der Waals surface area (Å²) in [5.41, 5.74) is 0. The Balaban J connectivity index is 1.21. The van der Waals surface area contributed by atoms with Crippen molar-refractivity contribution >= 4 is 5.97 Å². The number of fused-ring (bicyclic) bond motifs is 7. The van der Waals surface area contributed by atoms with E-state index in [4.69, 9.17) is 14.2 Å². The smallest absolute Gasteiger partial charge is 0.309 e. The van der Waals surface area contributed by atoms with Gasteiger partial charge in [-0.1, -0.05) is 38.5 Å². The molecule has 8 unspecified atom stereocenters. The van der Waals surface area contributed by atoms with E-state index in [9.17, 15) is 9.90 Å². The third-order valence-corrected chi connectivity index (χ3v) is 11.2. The number of esters is 1. The van der Waals surface area contributed by atoms with Crippen molar-refractivity contribution in [2.75, 3.05) is 13.2 Å². The summed E-state index contributed by atoms with van der Waals surface area (Å²) in [5, 5.41) is 9.82. The molecule has 5 aliphatic carbocycles. The van der Waals surface area contributed by atoms with Crippen LogP contribution in [-0.2, 0) is 19.0 Å². The molecular weight excluding hydrogens is 440 g/mol. The molecule has 35 heavy (non-hydrogen) atoms. The van der Waals surface area contributed by atoms with E-state index in [0.29, 0.717) is 50.1 Å². The van der Waals surface area contributed by atoms with Gasteiger partial charge < -0.3 is 19.3 Å². The van der Waals surface area contributed by atoms with Crippen LogP contribution < -0.4 is 0 Å². The molecule has 1 saturated heterocycles. The number of ether oxygens (including phenoxy) is 3. The van der Waals surface area contributed by atoms with Crippen molar-refractivity contribution in [3.63, 3.8) is 0 Å². The van der Waals surface area contributed by atoms with Crippen molar-refractivity contribution in [1.82, 2.24) is 0 Å². The first-order valence-electron chi connectivity index (χ1n) is 15.3. The Morgan fingerprint density at radius 3 is 1.69 bits per heavy atom. The topological polar surface area (TPSA) is 65.0 Å². The monoisotopic (exact) mass is 488 g/mol. The summed E-state index contributed by atoms with van der Waals surface area (Å²) in [4.78, 5) is 13.0. The van der Waals surface area contributed by atoms with Crippen molar-refractivity contribution in [1.29, 1.82) is 0 Å². The van der Waals surface area contributed by atoms with Crippen LogP contribution in [0.15, 0.2) is 0 Å². The van der Waals surface area contributed by atoms with Crippen molar-refractivity contribution in [3.05, 3.63) is 0 Å². The van der Waals surface area contributed by atoms with Crippen LogP contribution in [0.3, 0.4) is 0 Å². The van der Waals surface area contributed by atoms with Crippen LogP contribution in [0, 0.1) is 41.4 Å². The molecule has 6 fully saturated rings. The summed E-state index contributed by atoms with van der Waals surface area (Å²) in [6.45, 7) is 0.959. The highest BCUT2D eigenvalue weighted by Crippen LogP contribution is 2.56. The molecule has 5 saturated carbocycles. The second kappa shape index (κ2) is 11.0. The van der Waals surface area contributed by atoms with E-state index in [1.807, 2.05) is 0 Å². The molecule has 0 aromatic heterocycles. The molecule has 5 nitrogen and oxygen atoms in total. The molecule has 1 heterocycles. The van der Waals surface area contributed by atoms with Gasteiger partial charge in [-0.25, -0.2) is 0 Å². The van der Waals surface area contributed by atoms with Gasteiger partial charge in [-0.2, -0.15) is 0 Å². The van der Waals surface area contributed by atoms with E-state index in [0.717, 1.165) is 36.5 Å². The summed E-state index contributed by atoms with van der Waals surface area (Å²) in [7, 11) is 0. The summed E-state index contributed by atoms with van der Waals surface area (Å²) in [5.74, 6) is 4.43. The molecule has 6 rings (SSSR count). The predicted molar refractivity (Wildman–Crippen MR) is 134 cm³/mol. The zero-order valence-corrected chi connectivity index (χ0v) is 21.7. The van der Waals surface area contributed by atoms with Crippen molar-refractivity contribution < 1.29 is 24.1 Å². The van der Waals surface area contributed by atoms with Crippen molar-refractivity contribution in [2.24, 2.45) is 41.4 Å². The average Bonchev–Trinajstić information content (AvgIpc) is 2.97.